The first-order valence-electron chi connectivity index (χ1n) is 12.2. The molecule has 9 nitrogen and oxygen atoms in total. The predicted octanol–water partition coefficient (Wildman–Crippen LogP) is 6.08. The van der Waals surface area contributed by atoms with E-state index in [9.17, 15) is 9.59 Å². The first kappa shape index (κ1) is 25.9. The summed E-state index contributed by atoms with van der Waals surface area (Å²) in [5.74, 6) is 0.0371. The van der Waals surface area contributed by atoms with Gasteiger partial charge in [0, 0.05) is 59.6 Å². The van der Waals surface area contributed by atoms with Crippen LogP contribution in [0.4, 0.5) is 5.82 Å². The number of nitrogens with zero attached hydrogens (tertiary/aromatic N) is 5. The Hall–Kier alpha value is -4.32. The van der Waals surface area contributed by atoms with Crippen molar-refractivity contribution in [3.63, 3.8) is 0 Å². The van der Waals surface area contributed by atoms with E-state index in [0.29, 0.717) is 52.0 Å². The van der Waals surface area contributed by atoms with Gasteiger partial charge in [-0.05, 0) is 35.9 Å². The van der Waals surface area contributed by atoms with Crippen LogP contribution in [-0.4, -0.2) is 30.2 Å². The van der Waals surface area contributed by atoms with Gasteiger partial charge in [0.1, 0.15) is 17.8 Å². The van der Waals surface area contributed by atoms with Crippen LogP contribution in [0.1, 0.15) is 20.2 Å². The van der Waals surface area contributed by atoms with Gasteiger partial charge < -0.3 is 14.3 Å². The Morgan fingerprint density at radius 2 is 2.08 bits per heavy atom. The van der Waals surface area contributed by atoms with E-state index in [1.807, 2.05) is 35.7 Å². The van der Waals surface area contributed by atoms with E-state index in [-0.39, 0.29) is 5.56 Å². The molecule has 0 aliphatic carbocycles. The highest BCUT2D eigenvalue weighted by Crippen LogP contribution is 2.31. The lowest BCUT2D eigenvalue weighted by Gasteiger charge is -2.11. The molecule has 1 N–H and O–H groups in total. The molecule has 0 amide bonds. The highest BCUT2D eigenvalue weighted by atomic mass is 35.5. The molecule has 0 saturated carbocycles. The Morgan fingerprint density at radius 3 is 2.80 bits per heavy atom. The average molecular weight is 589 g/mol. The standard InChI is InChI=1S/C28H21ClN6O3S2/c29-23-4-3-20(40-23)16-32-24-14-22(33-35(24)27(36)19-7-12-38-17-19)26-21(18-2-1-8-30-15-18)5-10-34(28(26)37)11-6-25-31-9-13-39-25/h1-5,7-10,12-15,17,32H,6,11,16H2. The van der Waals surface area contributed by atoms with Crippen molar-refractivity contribution in [1.29, 1.82) is 0 Å². The number of pyridine rings is 2. The summed E-state index contributed by atoms with van der Waals surface area (Å²) in [5, 5.41) is 10.8. The van der Waals surface area contributed by atoms with Crippen LogP contribution in [0.5, 0.6) is 0 Å². The summed E-state index contributed by atoms with van der Waals surface area (Å²) in [7, 11) is 0. The molecule has 200 valence electrons. The molecule has 0 bridgehead atoms. The second kappa shape index (κ2) is 11.4. The third-order valence-corrected chi connectivity index (χ3v) is 8.26. The number of rotatable bonds is 9. The van der Waals surface area contributed by atoms with Crippen molar-refractivity contribution in [2.45, 2.75) is 19.5 Å². The number of nitrogens with one attached hydrogen (secondary N) is 1. The molecule has 6 rings (SSSR count). The Balaban J connectivity index is 1.45. The fourth-order valence-electron chi connectivity index (χ4n) is 4.27. The van der Waals surface area contributed by atoms with Crippen molar-refractivity contribution < 1.29 is 9.21 Å². The molecular weight excluding hydrogens is 568 g/mol. The Morgan fingerprint density at radius 1 is 1.15 bits per heavy atom. The number of aromatic nitrogens is 5. The van der Waals surface area contributed by atoms with Gasteiger partial charge >= 0.3 is 0 Å². The number of anilines is 1. The molecule has 0 radical (unpaired) electrons. The Kier molecular flexibility index (Phi) is 7.41. The quantitative estimate of drug-likeness (QED) is 0.218. The maximum atomic E-state index is 14.0. The summed E-state index contributed by atoms with van der Waals surface area (Å²) in [5.41, 5.74) is 2.26. The lowest BCUT2D eigenvalue weighted by atomic mass is 10.0. The molecule has 40 heavy (non-hydrogen) atoms. The minimum atomic E-state index is -0.394. The lowest BCUT2D eigenvalue weighted by Crippen LogP contribution is -2.23. The monoisotopic (exact) mass is 588 g/mol. The summed E-state index contributed by atoms with van der Waals surface area (Å²) < 4.78 is 8.71. The van der Waals surface area contributed by atoms with Gasteiger partial charge in [-0.15, -0.1) is 22.7 Å². The van der Waals surface area contributed by atoms with Gasteiger partial charge in [0.2, 0.25) is 0 Å². The summed E-state index contributed by atoms with van der Waals surface area (Å²) in [6.07, 6.45) is 10.3. The smallest absolute Gasteiger partial charge is 0.283 e. The molecule has 0 aliphatic rings. The number of carbonyl (C=O) groups is 1. The molecule has 6 aromatic heterocycles. The number of hydrogen-bond acceptors (Lipinski definition) is 9. The third kappa shape index (κ3) is 5.39. The molecule has 0 spiro atoms. The number of halogens is 1. The number of carbonyl (C=O) groups excluding carboxylic acids is 1. The first-order valence-corrected chi connectivity index (χ1v) is 14.3. The maximum Gasteiger partial charge on any atom is 0.283 e. The van der Waals surface area contributed by atoms with E-state index in [4.69, 9.17) is 16.0 Å². The van der Waals surface area contributed by atoms with E-state index in [2.05, 4.69) is 20.4 Å². The van der Waals surface area contributed by atoms with Crippen LogP contribution < -0.4 is 10.9 Å². The first-order chi connectivity index (χ1) is 19.6. The van der Waals surface area contributed by atoms with E-state index in [1.165, 1.54) is 28.5 Å². The van der Waals surface area contributed by atoms with Gasteiger partial charge in [0.15, 0.2) is 0 Å². The fourth-order valence-corrected chi connectivity index (χ4v) is 5.91. The van der Waals surface area contributed by atoms with Gasteiger partial charge in [0.25, 0.3) is 11.5 Å². The van der Waals surface area contributed by atoms with Crippen molar-refractivity contribution in [3.05, 3.63) is 115 Å². The molecule has 12 heteroatoms. The number of thiazole rings is 1. The van der Waals surface area contributed by atoms with Gasteiger partial charge in [-0.1, -0.05) is 17.7 Å². The zero-order valence-corrected chi connectivity index (χ0v) is 23.2. The number of furan rings is 1. The lowest BCUT2D eigenvalue weighted by molar-refractivity contribution is 0.0947. The predicted molar refractivity (Wildman–Crippen MR) is 156 cm³/mol. The van der Waals surface area contributed by atoms with Gasteiger partial charge in [-0.25, -0.2) is 4.98 Å². The molecule has 6 heterocycles. The van der Waals surface area contributed by atoms with Crippen molar-refractivity contribution in [2.24, 2.45) is 0 Å². The highest BCUT2D eigenvalue weighted by Gasteiger charge is 2.23. The van der Waals surface area contributed by atoms with Gasteiger partial charge in [0.05, 0.1) is 33.3 Å². The normalized spacial score (nSPS) is 11.1. The fraction of sp³-hybridized carbons (Fsp3) is 0.107. The Labute approximate surface area is 241 Å². The molecule has 0 saturated heterocycles. The molecule has 6 aromatic rings. The molecule has 0 fully saturated rings. The number of hydrogen-bond donors (Lipinski definition) is 1. The Bertz CT molecular complexity index is 1810. The van der Waals surface area contributed by atoms with Gasteiger partial charge in [-0.2, -0.15) is 9.78 Å². The molecular formula is C28H21ClN6O3S2. The van der Waals surface area contributed by atoms with Crippen LogP contribution in [0, 0.1) is 0 Å². The summed E-state index contributed by atoms with van der Waals surface area (Å²) in [4.78, 5) is 36.9. The molecule has 0 aliphatic heterocycles. The number of thiophene rings is 1. The largest absolute Gasteiger partial charge is 0.472 e. The summed E-state index contributed by atoms with van der Waals surface area (Å²) in [6.45, 7) is 0.870. The number of aryl methyl sites for hydroxylation is 2. The van der Waals surface area contributed by atoms with Crippen LogP contribution in [0.3, 0.4) is 0 Å². The zero-order valence-electron chi connectivity index (χ0n) is 20.9. The minimum Gasteiger partial charge on any atom is -0.472 e. The second-order valence-corrected chi connectivity index (χ2v) is 11.5. The van der Waals surface area contributed by atoms with Crippen molar-refractivity contribution >= 4 is 46.0 Å². The zero-order chi connectivity index (χ0) is 27.5. The third-order valence-electron chi connectivity index (χ3n) is 6.19. The van der Waals surface area contributed by atoms with E-state index in [0.717, 1.165) is 15.4 Å². The average Bonchev–Trinajstić information content (AvgIpc) is 3.79. The van der Waals surface area contributed by atoms with E-state index >= 15 is 0 Å². The van der Waals surface area contributed by atoms with Crippen LogP contribution in [-0.2, 0) is 19.5 Å². The minimum absolute atomic E-state index is 0.227. The molecule has 0 atom stereocenters. The topological polar surface area (TPSA) is 108 Å². The summed E-state index contributed by atoms with van der Waals surface area (Å²) >= 11 is 9.09. The van der Waals surface area contributed by atoms with Crippen LogP contribution >= 0.6 is 34.3 Å². The SMILES string of the molecule is O=C(c1ccoc1)n1nc(-c2c(-c3cccnc3)ccn(CCc3nccs3)c2=O)cc1NCc1ccc(Cl)s1. The van der Waals surface area contributed by atoms with Crippen molar-refractivity contribution in [1.82, 2.24) is 24.3 Å². The van der Waals surface area contributed by atoms with Gasteiger partial charge in [-0.3, -0.25) is 14.6 Å². The second-order valence-electron chi connectivity index (χ2n) is 8.72. The van der Waals surface area contributed by atoms with Crippen molar-refractivity contribution in [2.75, 3.05) is 5.32 Å². The highest BCUT2D eigenvalue weighted by molar-refractivity contribution is 7.16. The van der Waals surface area contributed by atoms with E-state index in [1.54, 1.807) is 52.8 Å². The van der Waals surface area contributed by atoms with Crippen LogP contribution in [0.2, 0.25) is 4.34 Å². The van der Waals surface area contributed by atoms with Crippen LogP contribution in [0.25, 0.3) is 22.4 Å². The maximum absolute atomic E-state index is 14.0. The van der Waals surface area contributed by atoms with Crippen LogP contribution in [0.15, 0.2) is 94.4 Å². The summed E-state index contributed by atoms with van der Waals surface area (Å²) in [6, 6.07) is 12.6. The van der Waals surface area contributed by atoms with E-state index < -0.39 is 5.91 Å². The molecule has 0 unspecified atom stereocenters. The molecule has 0 aromatic carbocycles. The van der Waals surface area contributed by atoms with Crippen molar-refractivity contribution in [3.8, 4) is 22.4 Å².